The molecule has 0 radical (unpaired) electrons. The Morgan fingerprint density at radius 1 is 1.35 bits per heavy atom. The summed E-state index contributed by atoms with van der Waals surface area (Å²) in [5.74, 6) is 0.394. The van der Waals surface area contributed by atoms with E-state index in [0.29, 0.717) is 18.0 Å². The number of nitrogens with one attached hydrogen (secondary N) is 2. The van der Waals surface area contributed by atoms with E-state index >= 15 is 0 Å². The van der Waals surface area contributed by atoms with Crippen molar-refractivity contribution in [2.24, 2.45) is 5.73 Å². The number of amides is 2. The van der Waals surface area contributed by atoms with Crippen molar-refractivity contribution >= 4 is 11.8 Å². The number of hydrogen-bond donors (Lipinski definition) is 3. The van der Waals surface area contributed by atoms with Gasteiger partial charge >= 0.3 is 0 Å². The zero-order valence-corrected chi connectivity index (χ0v) is 13.3. The number of primary amides is 1. The van der Waals surface area contributed by atoms with Gasteiger partial charge < -0.3 is 25.8 Å². The van der Waals surface area contributed by atoms with Gasteiger partial charge in [-0.15, -0.1) is 0 Å². The molecule has 2 rings (SSSR count). The van der Waals surface area contributed by atoms with Crippen LogP contribution in [0, 0.1) is 0 Å². The van der Waals surface area contributed by atoms with E-state index in [-0.39, 0.29) is 18.6 Å². The van der Waals surface area contributed by atoms with Crippen LogP contribution < -0.4 is 25.8 Å². The first-order valence-electron chi connectivity index (χ1n) is 7.69. The molecule has 1 heterocycles. The van der Waals surface area contributed by atoms with Crippen molar-refractivity contribution < 1.29 is 19.1 Å². The molecular weight excluding hydrogens is 298 g/mol. The van der Waals surface area contributed by atoms with E-state index in [1.165, 1.54) is 7.11 Å². The molecule has 1 aromatic carbocycles. The van der Waals surface area contributed by atoms with Crippen molar-refractivity contribution in [3.05, 3.63) is 23.8 Å². The second kappa shape index (κ2) is 8.38. The molecule has 1 unspecified atom stereocenters. The molecule has 0 aromatic heterocycles. The fraction of sp³-hybridized carbons (Fsp3) is 0.500. The van der Waals surface area contributed by atoms with E-state index in [0.717, 1.165) is 31.4 Å². The fourth-order valence-electron chi connectivity index (χ4n) is 2.48. The summed E-state index contributed by atoms with van der Waals surface area (Å²) in [6, 6.07) is 5.17. The van der Waals surface area contributed by atoms with E-state index in [1.807, 2.05) is 6.07 Å². The Hall–Kier alpha value is -2.28. The van der Waals surface area contributed by atoms with E-state index < -0.39 is 5.91 Å². The largest absolute Gasteiger partial charge is 0.493 e. The van der Waals surface area contributed by atoms with Gasteiger partial charge in [0.05, 0.1) is 13.2 Å². The molecule has 0 saturated carbocycles. The van der Waals surface area contributed by atoms with Crippen molar-refractivity contribution in [3.8, 4) is 11.5 Å². The van der Waals surface area contributed by atoms with Gasteiger partial charge in [-0.2, -0.15) is 0 Å². The lowest BCUT2D eigenvalue weighted by Crippen LogP contribution is -2.46. The molecule has 0 aliphatic carbocycles. The topological polar surface area (TPSA) is 103 Å². The average Bonchev–Trinajstić information content (AvgIpc) is 2.58. The third-order valence-electron chi connectivity index (χ3n) is 3.69. The molecule has 0 bridgehead atoms. The number of carbonyl (C=O) groups excluding carboxylic acids is 2. The molecule has 7 heteroatoms. The molecule has 23 heavy (non-hydrogen) atoms. The molecule has 1 fully saturated rings. The van der Waals surface area contributed by atoms with Crippen LogP contribution in [0.3, 0.4) is 0 Å². The highest BCUT2D eigenvalue weighted by atomic mass is 16.5. The van der Waals surface area contributed by atoms with Gasteiger partial charge in [-0.1, -0.05) is 12.5 Å². The lowest BCUT2D eigenvalue weighted by molar-refractivity contribution is -0.124. The molecule has 1 aliphatic rings. The molecule has 4 N–H and O–H groups in total. The molecule has 1 atom stereocenters. The smallest absolute Gasteiger partial charge is 0.255 e. The van der Waals surface area contributed by atoms with Gasteiger partial charge in [0.25, 0.3) is 5.91 Å². The summed E-state index contributed by atoms with van der Waals surface area (Å²) >= 11 is 0. The maximum Gasteiger partial charge on any atom is 0.255 e. The van der Waals surface area contributed by atoms with Gasteiger partial charge in [0.1, 0.15) is 0 Å². The van der Waals surface area contributed by atoms with Crippen LogP contribution in [0.25, 0.3) is 0 Å². The zero-order chi connectivity index (χ0) is 16.7. The van der Waals surface area contributed by atoms with E-state index in [9.17, 15) is 9.59 Å². The number of methoxy groups -OCH3 is 1. The van der Waals surface area contributed by atoms with Crippen molar-refractivity contribution in [2.75, 3.05) is 20.3 Å². The first-order valence-corrected chi connectivity index (χ1v) is 7.69. The maximum absolute atomic E-state index is 12.1. The highest BCUT2D eigenvalue weighted by molar-refractivity contribution is 5.81. The summed E-state index contributed by atoms with van der Waals surface area (Å²) < 4.78 is 10.5. The normalized spacial score (nSPS) is 17.3. The number of rotatable bonds is 7. The Morgan fingerprint density at radius 2 is 2.17 bits per heavy atom. The fourth-order valence-corrected chi connectivity index (χ4v) is 2.48. The van der Waals surface area contributed by atoms with Crippen molar-refractivity contribution in [1.82, 2.24) is 10.6 Å². The monoisotopic (exact) mass is 321 g/mol. The minimum atomic E-state index is -0.552. The lowest BCUT2D eigenvalue weighted by atomic mass is 10.0. The standard InChI is InChI=1S/C16H23N3O4/c1-22-14-8-11(5-6-13(14)23-10-15(17)20)9-19-16(21)12-4-2-3-7-18-12/h5-6,8,12,18H,2-4,7,9-10H2,1H3,(H2,17,20)(H,19,21). The number of carbonyl (C=O) groups is 2. The van der Waals surface area contributed by atoms with E-state index in [2.05, 4.69) is 10.6 Å². The zero-order valence-electron chi connectivity index (χ0n) is 13.3. The SMILES string of the molecule is COc1cc(CNC(=O)C2CCCCN2)ccc1OCC(N)=O. The number of nitrogens with two attached hydrogens (primary N) is 1. The van der Waals surface area contributed by atoms with Crippen LogP contribution in [0.1, 0.15) is 24.8 Å². The van der Waals surface area contributed by atoms with Gasteiger partial charge in [-0.25, -0.2) is 0 Å². The van der Waals surface area contributed by atoms with E-state index in [4.69, 9.17) is 15.2 Å². The summed E-state index contributed by atoms with van der Waals surface area (Å²) in [6.45, 7) is 1.08. The Balaban J connectivity index is 1.92. The number of hydrogen-bond acceptors (Lipinski definition) is 5. The molecule has 1 aromatic rings. The summed E-state index contributed by atoms with van der Waals surface area (Å²) in [6.07, 6.45) is 3.06. The molecule has 1 saturated heterocycles. The molecule has 2 amide bonds. The summed E-state index contributed by atoms with van der Waals surface area (Å²) in [7, 11) is 1.51. The lowest BCUT2D eigenvalue weighted by Gasteiger charge is -2.22. The molecule has 0 spiro atoms. The molecule has 1 aliphatic heterocycles. The maximum atomic E-state index is 12.1. The minimum absolute atomic E-state index is 0.0118. The van der Waals surface area contributed by atoms with Gasteiger partial charge in [-0.05, 0) is 37.1 Å². The summed E-state index contributed by atoms with van der Waals surface area (Å²) in [5.41, 5.74) is 5.94. The minimum Gasteiger partial charge on any atom is -0.493 e. The predicted octanol–water partition coefficient (Wildman–Crippen LogP) is 0.318. The molecular formula is C16H23N3O4. The quantitative estimate of drug-likeness (QED) is 0.671. The van der Waals surface area contributed by atoms with Crippen LogP contribution in [0.15, 0.2) is 18.2 Å². The summed E-state index contributed by atoms with van der Waals surface area (Å²) in [5, 5.41) is 6.13. The third-order valence-corrected chi connectivity index (χ3v) is 3.69. The third kappa shape index (κ3) is 5.14. The highest BCUT2D eigenvalue weighted by Crippen LogP contribution is 2.28. The summed E-state index contributed by atoms with van der Waals surface area (Å²) in [4.78, 5) is 22.9. The van der Waals surface area contributed by atoms with Crippen molar-refractivity contribution in [2.45, 2.75) is 31.8 Å². The Kier molecular flexibility index (Phi) is 6.22. The van der Waals surface area contributed by atoms with Crippen LogP contribution in [-0.4, -0.2) is 38.1 Å². The predicted molar refractivity (Wildman–Crippen MR) is 85.2 cm³/mol. The Bertz CT molecular complexity index is 556. The second-order valence-corrected chi connectivity index (χ2v) is 5.46. The first kappa shape index (κ1) is 17.1. The van der Waals surface area contributed by atoms with Crippen LogP contribution in [-0.2, 0) is 16.1 Å². The van der Waals surface area contributed by atoms with Crippen molar-refractivity contribution in [3.63, 3.8) is 0 Å². The highest BCUT2D eigenvalue weighted by Gasteiger charge is 2.20. The van der Waals surface area contributed by atoms with Gasteiger partial charge in [0, 0.05) is 6.54 Å². The van der Waals surface area contributed by atoms with Gasteiger partial charge in [0.2, 0.25) is 5.91 Å². The van der Waals surface area contributed by atoms with Crippen LogP contribution in [0.5, 0.6) is 11.5 Å². The number of ether oxygens (including phenoxy) is 2. The number of benzene rings is 1. The Labute approximate surface area is 135 Å². The van der Waals surface area contributed by atoms with Crippen LogP contribution in [0.4, 0.5) is 0 Å². The van der Waals surface area contributed by atoms with Crippen LogP contribution >= 0.6 is 0 Å². The average molecular weight is 321 g/mol. The van der Waals surface area contributed by atoms with Gasteiger partial charge in [-0.3, -0.25) is 9.59 Å². The van der Waals surface area contributed by atoms with Crippen molar-refractivity contribution in [1.29, 1.82) is 0 Å². The second-order valence-electron chi connectivity index (χ2n) is 5.46. The first-order chi connectivity index (χ1) is 11.1. The van der Waals surface area contributed by atoms with Crippen LogP contribution in [0.2, 0.25) is 0 Å². The Morgan fingerprint density at radius 3 is 2.83 bits per heavy atom. The molecule has 7 nitrogen and oxygen atoms in total. The van der Waals surface area contributed by atoms with Gasteiger partial charge in [0.15, 0.2) is 18.1 Å². The number of piperidine rings is 1. The van der Waals surface area contributed by atoms with E-state index in [1.54, 1.807) is 12.1 Å². The molecule has 126 valence electrons.